The van der Waals surface area contributed by atoms with Crippen LogP contribution in [0.15, 0.2) is 36.5 Å². The molecule has 0 saturated heterocycles. The number of benzene rings is 1. The highest BCUT2D eigenvalue weighted by atomic mass is 16.5. The van der Waals surface area contributed by atoms with E-state index in [1.165, 1.54) is 24.7 Å². The normalized spacial score (nSPS) is 10.2. The number of aryl methyl sites for hydroxylation is 1. The second-order valence-corrected chi connectivity index (χ2v) is 5.01. The summed E-state index contributed by atoms with van der Waals surface area (Å²) in [4.78, 5) is 35.3. The largest absolute Gasteiger partial charge is 0.497 e. The molecular weight excluding hydrogens is 298 g/mol. The number of methoxy groups -OCH3 is 1. The monoisotopic (exact) mass is 315 g/mol. The van der Waals surface area contributed by atoms with Gasteiger partial charge in [0.1, 0.15) is 11.4 Å². The Kier molecular flexibility index (Phi) is 4.95. The lowest BCUT2D eigenvalue weighted by atomic mass is 10.1. The van der Waals surface area contributed by atoms with Crippen LogP contribution in [0.1, 0.15) is 38.1 Å². The van der Waals surface area contributed by atoms with E-state index in [4.69, 9.17) is 9.47 Å². The Labute approximate surface area is 133 Å². The number of hydrogen-bond acceptors (Lipinski definition) is 5. The fraction of sp³-hybridized carbons (Fsp3) is 0.235. The molecule has 1 aromatic carbocycles. The van der Waals surface area contributed by atoms with Gasteiger partial charge in [0.15, 0.2) is 18.2 Å². The molecule has 1 heterocycles. The smallest absolute Gasteiger partial charge is 0.355 e. The number of Topliss-reactive ketones (excluding diaryl/α,β-unsaturated/α-hetero) is 2. The molecule has 2 rings (SSSR count). The number of aromatic nitrogens is 1. The van der Waals surface area contributed by atoms with Crippen LogP contribution in [0.5, 0.6) is 5.75 Å². The van der Waals surface area contributed by atoms with Crippen LogP contribution in [0.25, 0.3) is 0 Å². The van der Waals surface area contributed by atoms with E-state index in [-0.39, 0.29) is 23.9 Å². The molecule has 0 saturated carbocycles. The number of rotatable bonds is 6. The Balaban J connectivity index is 2.00. The zero-order chi connectivity index (χ0) is 17.0. The van der Waals surface area contributed by atoms with Crippen LogP contribution < -0.4 is 4.74 Å². The van der Waals surface area contributed by atoms with Gasteiger partial charge in [0.2, 0.25) is 0 Å². The summed E-state index contributed by atoms with van der Waals surface area (Å²) in [5.41, 5.74) is 1.06. The van der Waals surface area contributed by atoms with Crippen molar-refractivity contribution in [3.63, 3.8) is 0 Å². The SMILES string of the molecule is COc1ccc(C(=O)COC(=O)c2cc(C(C)=O)cn2C)cc1. The molecule has 0 N–H and O–H groups in total. The second kappa shape index (κ2) is 6.91. The highest BCUT2D eigenvalue weighted by molar-refractivity contribution is 6.00. The number of esters is 1. The molecule has 1 aromatic heterocycles. The molecule has 2 aromatic rings. The number of carbonyl (C=O) groups is 3. The summed E-state index contributed by atoms with van der Waals surface area (Å²) in [5, 5.41) is 0. The Morgan fingerprint density at radius 1 is 1.09 bits per heavy atom. The van der Waals surface area contributed by atoms with E-state index in [2.05, 4.69) is 0 Å². The van der Waals surface area contributed by atoms with E-state index in [9.17, 15) is 14.4 Å². The number of ether oxygens (including phenoxy) is 2. The maximum absolute atomic E-state index is 12.0. The van der Waals surface area contributed by atoms with Crippen molar-refractivity contribution in [2.75, 3.05) is 13.7 Å². The zero-order valence-corrected chi connectivity index (χ0v) is 13.2. The number of carbonyl (C=O) groups excluding carboxylic acids is 3. The molecule has 23 heavy (non-hydrogen) atoms. The molecule has 0 aliphatic carbocycles. The quantitative estimate of drug-likeness (QED) is 0.604. The van der Waals surface area contributed by atoms with Gasteiger partial charge in [-0.05, 0) is 37.3 Å². The van der Waals surface area contributed by atoms with Crippen molar-refractivity contribution in [3.05, 3.63) is 53.3 Å². The predicted molar refractivity (Wildman–Crippen MR) is 83.0 cm³/mol. The lowest BCUT2D eigenvalue weighted by Crippen LogP contribution is -2.16. The van der Waals surface area contributed by atoms with Gasteiger partial charge < -0.3 is 14.0 Å². The molecule has 6 heteroatoms. The van der Waals surface area contributed by atoms with Crippen molar-refractivity contribution in [3.8, 4) is 5.75 Å². The van der Waals surface area contributed by atoms with Crippen LogP contribution >= 0.6 is 0 Å². The first kappa shape index (κ1) is 16.5. The minimum atomic E-state index is -0.651. The summed E-state index contributed by atoms with van der Waals surface area (Å²) in [5.74, 6) is -0.475. The summed E-state index contributed by atoms with van der Waals surface area (Å²) < 4.78 is 11.5. The van der Waals surface area contributed by atoms with Gasteiger partial charge in [0, 0.05) is 24.4 Å². The van der Waals surface area contributed by atoms with Gasteiger partial charge in [-0.15, -0.1) is 0 Å². The summed E-state index contributed by atoms with van der Waals surface area (Å²) in [6, 6.07) is 7.97. The van der Waals surface area contributed by atoms with Gasteiger partial charge >= 0.3 is 5.97 Å². The average Bonchev–Trinajstić information content (AvgIpc) is 2.94. The molecule has 120 valence electrons. The summed E-state index contributed by atoms with van der Waals surface area (Å²) in [6.07, 6.45) is 1.55. The third-order valence-electron chi connectivity index (χ3n) is 3.37. The number of hydrogen-bond donors (Lipinski definition) is 0. The Morgan fingerprint density at radius 2 is 1.74 bits per heavy atom. The summed E-state index contributed by atoms with van der Waals surface area (Å²) >= 11 is 0. The average molecular weight is 315 g/mol. The molecule has 0 radical (unpaired) electrons. The minimum Gasteiger partial charge on any atom is -0.497 e. The van der Waals surface area contributed by atoms with Crippen molar-refractivity contribution in [2.24, 2.45) is 7.05 Å². The lowest BCUT2D eigenvalue weighted by molar-refractivity contribution is 0.0465. The van der Waals surface area contributed by atoms with Crippen molar-refractivity contribution < 1.29 is 23.9 Å². The Morgan fingerprint density at radius 3 is 2.26 bits per heavy atom. The number of ketones is 2. The van der Waals surface area contributed by atoms with E-state index in [1.54, 1.807) is 37.5 Å². The maximum Gasteiger partial charge on any atom is 0.355 e. The van der Waals surface area contributed by atoms with E-state index in [1.807, 2.05) is 0 Å². The van der Waals surface area contributed by atoms with Crippen LogP contribution in [0.3, 0.4) is 0 Å². The Bertz CT molecular complexity index is 743. The van der Waals surface area contributed by atoms with Crippen LogP contribution in [0.2, 0.25) is 0 Å². The number of nitrogens with zero attached hydrogens (tertiary/aromatic N) is 1. The van der Waals surface area contributed by atoms with Gasteiger partial charge in [-0.25, -0.2) is 4.79 Å². The Hall–Kier alpha value is -2.89. The first-order chi connectivity index (χ1) is 10.9. The molecule has 0 fully saturated rings. The molecule has 0 bridgehead atoms. The van der Waals surface area contributed by atoms with Crippen LogP contribution in [-0.4, -0.2) is 35.8 Å². The molecule has 0 spiro atoms. The van der Waals surface area contributed by atoms with E-state index in [0.29, 0.717) is 16.9 Å². The van der Waals surface area contributed by atoms with E-state index in [0.717, 1.165) is 0 Å². The molecule has 6 nitrogen and oxygen atoms in total. The molecule has 0 atom stereocenters. The van der Waals surface area contributed by atoms with Crippen LogP contribution in [0.4, 0.5) is 0 Å². The maximum atomic E-state index is 12.0. The fourth-order valence-corrected chi connectivity index (χ4v) is 2.03. The summed E-state index contributed by atoms with van der Waals surface area (Å²) in [7, 11) is 3.17. The van der Waals surface area contributed by atoms with Gasteiger partial charge in [-0.2, -0.15) is 0 Å². The first-order valence-electron chi connectivity index (χ1n) is 6.94. The van der Waals surface area contributed by atoms with E-state index >= 15 is 0 Å². The predicted octanol–water partition coefficient (Wildman–Crippen LogP) is 2.28. The highest BCUT2D eigenvalue weighted by Gasteiger charge is 2.17. The van der Waals surface area contributed by atoms with E-state index < -0.39 is 5.97 Å². The molecule has 0 amide bonds. The lowest BCUT2D eigenvalue weighted by Gasteiger charge is -2.06. The standard InChI is InChI=1S/C17H17NO5/c1-11(19)13-8-15(18(2)9-13)17(21)23-10-16(20)12-4-6-14(22-3)7-5-12/h4-9H,10H2,1-3H3. The van der Waals surface area contributed by atoms with Gasteiger partial charge in [-0.1, -0.05) is 0 Å². The fourth-order valence-electron chi connectivity index (χ4n) is 2.03. The van der Waals surface area contributed by atoms with Crippen LogP contribution in [-0.2, 0) is 11.8 Å². The third kappa shape index (κ3) is 3.85. The first-order valence-corrected chi connectivity index (χ1v) is 6.94. The topological polar surface area (TPSA) is 74.6 Å². The van der Waals surface area contributed by atoms with Crippen molar-refractivity contribution in [1.82, 2.24) is 4.57 Å². The summed E-state index contributed by atoms with van der Waals surface area (Å²) in [6.45, 7) is 1.05. The van der Waals surface area contributed by atoms with Crippen molar-refractivity contribution in [2.45, 2.75) is 6.92 Å². The van der Waals surface area contributed by atoms with Gasteiger partial charge in [0.25, 0.3) is 0 Å². The second-order valence-electron chi connectivity index (χ2n) is 5.01. The third-order valence-corrected chi connectivity index (χ3v) is 3.37. The van der Waals surface area contributed by atoms with Gasteiger partial charge in [0.05, 0.1) is 7.11 Å². The van der Waals surface area contributed by atoms with Crippen LogP contribution in [0, 0.1) is 0 Å². The molecular formula is C17H17NO5. The minimum absolute atomic E-state index is 0.144. The molecule has 0 aliphatic heterocycles. The highest BCUT2D eigenvalue weighted by Crippen LogP contribution is 2.13. The van der Waals surface area contributed by atoms with Crippen molar-refractivity contribution >= 4 is 17.5 Å². The van der Waals surface area contributed by atoms with Gasteiger partial charge in [-0.3, -0.25) is 9.59 Å². The molecule has 0 aliphatic rings. The zero-order valence-electron chi connectivity index (χ0n) is 13.2. The van der Waals surface area contributed by atoms with Crippen molar-refractivity contribution in [1.29, 1.82) is 0 Å². The molecule has 0 unspecified atom stereocenters.